The Morgan fingerprint density at radius 1 is 1.47 bits per heavy atom. The number of nitrogens with one attached hydrogen (secondary N) is 1. The molecule has 0 fully saturated rings. The highest BCUT2D eigenvalue weighted by Crippen LogP contribution is 2.06. The fourth-order valence-electron chi connectivity index (χ4n) is 1.72. The second-order valence-corrected chi connectivity index (χ2v) is 4.34. The van der Waals surface area contributed by atoms with Crippen molar-refractivity contribution in [3.05, 3.63) is 29.1 Å². The molecule has 1 rings (SSSR count). The van der Waals surface area contributed by atoms with Gasteiger partial charge in [-0.2, -0.15) is 0 Å². The van der Waals surface area contributed by atoms with Crippen molar-refractivity contribution in [3.8, 4) is 0 Å². The van der Waals surface area contributed by atoms with Crippen LogP contribution >= 0.6 is 0 Å². The molecule has 0 aromatic carbocycles. The molecular weight excluding hydrogens is 214 g/mol. The van der Waals surface area contributed by atoms with E-state index >= 15 is 0 Å². The first kappa shape index (κ1) is 13.6. The van der Waals surface area contributed by atoms with Crippen molar-refractivity contribution < 1.29 is 4.79 Å². The van der Waals surface area contributed by atoms with E-state index in [9.17, 15) is 4.79 Å². The third kappa shape index (κ3) is 4.15. The van der Waals surface area contributed by atoms with Gasteiger partial charge in [0.05, 0.1) is 11.3 Å². The molecular formula is C13H21N3O. The molecule has 0 spiro atoms. The minimum Gasteiger partial charge on any atom is -0.350 e. The van der Waals surface area contributed by atoms with Crippen LogP contribution in [0.2, 0.25) is 0 Å². The molecule has 0 saturated heterocycles. The summed E-state index contributed by atoms with van der Waals surface area (Å²) >= 11 is 0. The van der Waals surface area contributed by atoms with Gasteiger partial charge in [-0.3, -0.25) is 9.78 Å². The van der Waals surface area contributed by atoms with E-state index in [2.05, 4.69) is 17.2 Å². The Kier molecular flexibility index (Phi) is 5.10. The number of nitrogens with two attached hydrogens (primary N) is 1. The van der Waals surface area contributed by atoms with E-state index in [1.54, 1.807) is 6.07 Å². The molecule has 0 aliphatic carbocycles. The molecule has 0 aliphatic rings. The molecule has 4 heteroatoms. The van der Waals surface area contributed by atoms with Crippen molar-refractivity contribution in [2.45, 2.75) is 39.7 Å². The van der Waals surface area contributed by atoms with Gasteiger partial charge in [-0.1, -0.05) is 13.3 Å². The van der Waals surface area contributed by atoms with Gasteiger partial charge < -0.3 is 11.1 Å². The van der Waals surface area contributed by atoms with Gasteiger partial charge in [0.15, 0.2) is 0 Å². The van der Waals surface area contributed by atoms with Gasteiger partial charge >= 0.3 is 0 Å². The predicted molar refractivity (Wildman–Crippen MR) is 68.9 cm³/mol. The summed E-state index contributed by atoms with van der Waals surface area (Å²) in [4.78, 5) is 16.1. The lowest BCUT2D eigenvalue weighted by molar-refractivity contribution is 0.0949. The van der Waals surface area contributed by atoms with Gasteiger partial charge in [0, 0.05) is 18.3 Å². The van der Waals surface area contributed by atoms with Crippen molar-refractivity contribution in [2.75, 3.05) is 6.54 Å². The molecule has 1 aromatic heterocycles. The molecule has 1 amide bonds. The fourth-order valence-corrected chi connectivity index (χ4v) is 1.72. The summed E-state index contributed by atoms with van der Waals surface area (Å²) in [5.74, 6) is -0.0958. The average Bonchev–Trinajstić information content (AvgIpc) is 2.26. The molecule has 1 atom stereocenters. The number of rotatable bonds is 5. The Labute approximate surface area is 103 Å². The zero-order chi connectivity index (χ0) is 12.8. The van der Waals surface area contributed by atoms with E-state index in [0.717, 1.165) is 24.2 Å². The van der Waals surface area contributed by atoms with Gasteiger partial charge in [-0.05, 0) is 32.4 Å². The number of nitrogens with zero attached hydrogens (tertiary/aromatic N) is 1. The summed E-state index contributed by atoms with van der Waals surface area (Å²) in [7, 11) is 0. The lowest BCUT2D eigenvalue weighted by atomic mass is 10.1. The minimum atomic E-state index is -0.0958. The molecule has 1 unspecified atom stereocenters. The standard InChI is InChI=1S/C13H21N3O/c1-4-5-11(14)8-15-13(17)12-7-6-9(2)16-10(12)3/h6-7,11H,4-5,8,14H2,1-3H3,(H,15,17). The van der Waals surface area contributed by atoms with Crippen LogP contribution in [-0.2, 0) is 0 Å². The number of pyridine rings is 1. The number of carbonyl (C=O) groups is 1. The predicted octanol–water partition coefficient (Wildman–Crippen LogP) is 1.56. The van der Waals surface area contributed by atoms with Crippen LogP contribution in [0.1, 0.15) is 41.5 Å². The third-order valence-electron chi connectivity index (χ3n) is 2.65. The van der Waals surface area contributed by atoms with Crippen molar-refractivity contribution in [3.63, 3.8) is 0 Å². The highest BCUT2D eigenvalue weighted by atomic mass is 16.1. The number of carbonyl (C=O) groups excluding carboxylic acids is 1. The molecule has 4 nitrogen and oxygen atoms in total. The first-order valence-corrected chi connectivity index (χ1v) is 6.02. The van der Waals surface area contributed by atoms with Crippen LogP contribution in [-0.4, -0.2) is 23.5 Å². The Balaban J connectivity index is 2.58. The second-order valence-electron chi connectivity index (χ2n) is 4.34. The van der Waals surface area contributed by atoms with E-state index in [1.165, 1.54) is 0 Å². The minimum absolute atomic E-state index is 0.0302. The maximum absolute atomic E-state index is 11.9. The average molecular weight is 235 g/mol. The van der Waals surface area contributed by atoms with Gasteiger partial charge in [0.25, 0.3) is 5.91 Å². The van der Waals surface area contributed by atoms with E-state index in [4.69, 9.17) is 5.73 Å². The Morgan fingerprint density at radius 3 is 2.76 bits per heavy atom. The second kappa shape index (κ2) is 6.35. The van der Waals surface area contributed by atoms with Gasteiger partial charge in [0.2, 0.25) is 0 Å². The summed E-state index contributed by atoms with van der Waals surface area (Å²) in [6, 6.07) is 3.68. The fraction of sp³-hybridized carbons (Fsp3) is 0.538. The molecule has 17 heavy (non-hydrogen) atoms. The highest BCUT2D eigenvalue weighted by Gasteiger charge is 2.10. The van der Waals surface area contributed by atoms with Crippen LogP contribution < -0.4 is 11.1 Å². The first-order valence-electron chi connectivity index (χ1n) is 6.02. The summed E-state index contributed by atoms with van der Waals surface area (Å²) in [5, 5.41) is 2.84. The first-order chi connectivity index (χ1) is 8.04. The van der Waals surface area contributed by atoms with E-state index in [1.807, 2.05) is 19.9 Å². The molecule has 94 valence electrons. The maximum atomic E-state index is 11.9. The maximum Gasteiger partial charge on any atom is 0.253 e. The number of hydrogen-bond donors (Lipinski definition) is 2. The zero-order valence-corrected chi connectivity index (χ0v) is 10.8. The number of aryl methyl sites for hydroxylation is 2. The quantitative estimate of drug-likeness (QED) is 0.813. The van der Waals surface area contributed by atoms with E-state index in [-0.39, 0.29) is 11.9 Å². The summed E-state index contributed by atoms with van der Waals surface area (Å²) in [6.07, 6.45) is 1.95. The molecule has 0 bridgehead atoms. The molecule has 0 saturated carbocycles. The summed E-state index contributed by atoms with van der Waals surface area (Å²) in [6.45, 7) is 6.34. The van der Waals surface area contributed by atoms with Crippen LogP contribution in [0.25, 0.3) is 0 Å². The largest absolute Gasteiger partial charge is 0.350 e. The molecule has 1 aromatic rings. The van der Waals surface area contributed by atoms with Crippen LogP contribution in [0.5, 0.6) is 0 Å². The SMILES string of the molecule is CCCC(N)CNC(=O)c1ccc(C)nc1C. The normalized spacial score (nSPS) is 12.2. The topological polar surface area (TPSA) is 68.0 Å². The smallest absolute Gasteiger partial charge is 0.253 e. The van der Waals surface area contributed by atoms with Crippen molar-refractivity contribution in [1.82, 2.24) is 10.3 Å². The Hall–Kier alpha value is -1.42. The Morgan fingerprint density at radius 2 is 2.18 bits per heavy atom. The highest BCUT2D eigenvalue weighted by molar-refractivity contribution is 5.95. The summed E-state index contributed by atoms with van der Waals surface area (Å²) in [5.41, 5.74) is 8.14. The third-order valence-corrected chi connectivity index (χ3v) is 2.65. The summed E-state index contributed by atoms with van der Waals surface area (Å²) < 4.78 is 0. The number of amides is 1. The van der Waals surface area contributed by atoms with Crippen molar-refractivity contribution in [1.29, 1.82) is 0 Å². The van der Waals surface area contributed by atoms with Crippen LogP contribution in [0, 0.1) is 13.8 Å². The lowest BCUT2D eigenvalue weighted by Crippen LogP contribution is -2.37. The van der Waals surface area contributed by atoms with Gasteiger partial charge in [-0.25, -0.2) is 0 Å². The molecule has 0 radical (unpaired) electrons. The number of hydrogen-bond acceptors (Lipinski definition) is 3. The van der Waals surface area contributed by atoms with Crippen molar-refractivity contribution in [2.24, 2.45) is 5.73 Å². The molecule has 1 heterocycles. The monoisotopic (exact) mass is 235 g/mol. The zero-order valence-electron chi connectivity index (χ0n) is 10.8. The van der Waals surface area contributed by atoms with Crippen LogP contribution in [0.3, 0.4) is 0 Å². The van der Waals surface area contributed by atoms with E-state index in [0.29, 0.717) is 12.1 Å². The Bertz CT molecular complexity index is 390. The molecule has 0 aliphatic heterocycles. The number of aromatic nitrogens is 1. The van der Waals surface area contributed by atoms with Crippen LogP contribution in [0.4, 0.5) is 0 Å². The molecule has 3 N–H and O–H groups in total. The lowest BCUT2D eigenvalue weighted by Gasteiger charge is -2.12. The van der Waals surface area contributed by atoms with Gasteiger partial charge in [0.1, 0.15) is 0 Å². The van der Waals surface area contributed by atoms with E-state index < -0.39 is 0 Å². The van der Waals surface area contributed by atoms with Crippen LogP contribution in [0.15, 0.2) is 12.1 Å². The van der Waals surface area contributed by atoms with Crippen molar-refractivity contribution >= 4 is 5.91 Å². The van der Waals surface area contributed by atoms with Gasteiger partial charge in [-0.15, -0.1) is 0 Å².